The summed E-state index contributed by atoms with van der Waals surface area (Å²) in [4.78, 5) is 31.8. The molecule has 1 aliphatic carbocycles. The number of rotatable bonds is 9. The zero-order valence-electron chi connectivity index (χ0n) is 18.6. The van der Waals surface area contributed by atoms with E-state index in [9.17, 15) is 9.59 Å². The molecule has 1 aliphatic rings. The number of carbonyl (C=O) groups excluding carboxylic acids is 2. The molecule has 1 aromatic heterocycles. The Kier molecular flexibility index (Phi) is 8.56. The first-order valence-corrected chi connectivity index (χ1v) is 12.5. The Balaban J connectivity index is 1.81. The average molecular weight is 461 g/mol. The van der Waals surface area contributed by atoms with Crippen LogP contribution >= 0.6 is 22.9 Å². The van der Waals surface area contributed by atoms with Crippen molar-refractivity contribution >= 4 is 34.8 Å². The Hall–Kier alpha value is -1.85. The number of hydrogen-bond donors (Lipinski definition) is 0. The van der Waals surface area contributed by atoms with Crippen LogP contribution in [0.15, 0.2) is 47.8 Å². The minimum Gasteiger partial charge on any atom is -0.332 e. The molecule has 0 bridgehead atoms. The lowest BCUT2D eigenvalue weighted by Gasteiger charge is -2.39. The standard InChI is InChI=1S/C25H33ClN2O2S/c1-25(2,19-26)24(30)28(21-12-7-4-8-13-21)18-23(29)27(17-22-14-9-15-31-22)16-20-10-5-3-6-11-20/h3,5-6,9-11,14-15,21H,4,7-8,12-13,16-19H2,1-2H3. The highest BCUT2D eigenvalue weighted by Gasteiger charge is 2.37. The molecule has 0 N–H and O–H groups in total. The summed E-state index contributed by atoms with van der Waals surface area (Å²) >= 11 is 7.78. The summed E-state index contributed by atoms with van der Waals surface area (Å²) in [5, 5.41) is 2.03. The van der Waals surface area contributed by atoms with E-state index in [1.165, 1.54) is 6.42 Å². The second-order valence-electron chi connectivity index (χ2n) is 9.06. The van der Waals surface area contributed by atoms with Crippen LogP contribution in [0.4, 0.5) is 0 Å². The fourth-order valence-electron chi connectivity index (χ4n) is 4.08. The third-order valence-corrected chi connectivity index (χ3v) is 7.52. The molecule has 2 amide bonds. The van der Waals surface area contributed by atoms with E-state index in [2.05, 4.69) is 6.07 Å². The lowest BCUT2D eigenvalue weighted by atomic mass is 9.89. The van der Waals surface area contributed by atoms with E-state index < -0.39 is 5.41 Å². The molecule has 3 rings (SSSR count). The van der Waals surface area contributed by atoms with E-state index >= 15 is 0 Å². The van der Waals surface area contributed by atoms with Crippen LogP contribution in [0.5, 0.6) is 0 Å². The molecule has 31 heavy (non-hydrogen) atoms. The van der Waals surface area contributed by atoms with Crippen LogP contribution in [0.25, 0.3) is 0 Å². The van der Waals surface area contributed by atoms with Crippen molar-refractivity contribution < 1.29 is 9.59 Å². The Morgan fingerprint density at radius 3 is 2.35 bits per heavy atom. The van der Waals surface area contributed by atoms with Gasteiger partial charge in [-0.2, -0.15) is 0 Å². The van der Waals surface area contributed by atoms with E-state index in [0.29, 0.717) is 13.1 Å². The predicted molar refractivity (Wildman–Crippen MR) is 128 cm³/mol. The maximum absolute atomic E-state index is 13.6. The van der Waals surface area contributed by atoms with Crippen LogP contribution < -0.4 is 0 Å². The smallest absolute Gasteiger partial charge is 0.242 e. The van der Waals surface area contributed by atoms with Gasteiger partial charge in [-0.15, -0.1) is 22.9 Å². The van der Waals surface area contributed by atoms with Gasteiger partial charge in [-0.05, 0) is 43.7 Å². The highest BCUT2D eigenvalue weighted by molar-refractivity contribution is 7.09. The van der Waals surface area contributed by atoms with Gasteiger partial charge in [0.25, 0.3) is 0 Å². The summed E-state index contributed by atoms with van der Waals surface area (Å²) in [6.45, 7) is 4.94. The van der Waals surface area contributed by atoms with Crippen molar-refractivity contribution in [1.29, 1.82) is 0 Å². The van der Waals surface area contributed by atoms with E-state index in [0.717, 1.165) is 36.1 Å². The normalized spacial score (nSPS) is 14.9. The van der Waals surface area contributed by atoms with Crippen molar-refractivity contribution in [2.24, 2.45) is 5.41 Å². The molecule has 4 nitrogen and oxygen atoms in total. The second-order valence-corrected chi connectivity index (χ2v) is 10.4. The van der Waals surface area contributed by atoms with Crippen molar-refractivity contribution in [2.45, 2.75) is 65.1 Å². The van der Waals surface area contributed by atoms with Gasteiger partial charge in [0.05, 0.1) is 12.0 Å². The number of nitrogens with zero attached hydrogens (tertiary/aromatic N) is 2. The highest BCUT2D eigenvalue weighted by Crippen LogP contribution is 2.28. The van der Waals surface area contributed by atoms with E-state index in [4.69, 9.17) is 11.6 Å². The maximum Gasteiger partial charge on any atom is 0.242 e. The molecule has 0 aliphatic heterocycles. The molecular formula is C25H33ClN2O2S. The first-order chi connectivity index (χ1) is 14.9. The van der Waals surface area contributed by atoms with Crippen molar-refractivity contribution in [2.75, 3.05) is 12.4 Å². The third kappa shape index (κ3) is 6.56. The fraction of sp³-hybridized carbons (Fsp3) is 0.520. The lowest BCUT2D eigenvalue weighted by molar-refractivity contribution is -0.149. The molecule has 0 saturated heterocycles. The van der Waals surface area contributed by atoms with Crippen LogP contribution in [-0.2, 0) is 22.7 Å². The molecule has 2 aromatic rings. The lowest BCUT2D eigenvalue weighted by Crippen LogP contribution is -2.52. The maximum atomic E-state index is 13.6. The largest absolute Gasteiger partial charge is 0.332 e. The van der Waals surface area contributed by atoms with E-state index in [-0.39, 0.29) is 30.3 Å². The van der Waals surface area contributed by atoms with Crippen molar-refractivity contribution in [3.05, 3.63) is 58.3 Å². The topological polar surface area (TPSA) is 40.6 Å². The van der Waals surface area contributed by atoms with Crippen LogP contribution in [0.2, 0.25) is 0 Å². The first kappa shape index (κ1) is 23.8. The molecule has 0 spiro atoms. The summed E-state index contributed by atoms with van der Waals surface area (Å²) in [5.41, 5.74) is 0.404. The molecule has 1 saturated carbocycles. The summed E-state index contributed by atoms with van der Waals surface area (Å²) in [5.74, 6) is 0.215. The van der Waals surface area contributed by atoms with Crippen LogP contribution in [0.1, 0.15) is 56.4 Å². The van der Waals surface area contributed by atoms with Gasteiger partial charge < -0.3 is 9.80 Å². The van der Waals surface area contributed by atoms with Gasteiger partial charge >= 0.3 is 0 Å². The number of carbonyl (C=O) groups is 2. The predicted octanol–water partition coefficient (Wildman–Crippen LogP) is 5.70. The second kappa shape index (κ2) is 11.1. The van der Waals surface area contributed by atoms with Crippen LogP contribution in [0.3, 0.4) is 0 Å². The zero-order valence-corrected chi connectivity index (χ0v) is 20.1. The summed E-state index contributed by atoms with van der Waals surface area (Å²) in [7, 11) is 0. The van der Waals surface area contributed by atoms with Gasteiger partial charge in [0.1, 0.15) is 6.54 Å². The number of halogens is 1. The number of benzene rings is 1. The quantitative estimate of drug-likeness (QED) is 0.450. The molecule has 1 heterocycles. The number of alkyl halides is 1. The molecular weight excluding hydrogens is 428 g/mol. The monoisotopic (exact) mass is 460 g/mol. The van der Waals surface area contributed by atoms with Gasteiger partial charge in [-0.25, -0.2) is 0 Å². The van der Waals surface area contributed by atoms with Gasteiger partial charge in [-0.3, -0.25) is 9.59 Å². The molecule has 6 heteroatoms. The molecule has 0 unspecified atom stereocenters. The van der Waals surface area contributed by atoms with Gasteiger partial charge in [-0.1, -0.05) is 55.7 Å². The third-order valence-electron chi connectivity index (χ3n) is 5.99. The van der Waals surface area contributed by atoms with Crippen LogP contribution in [0, 0.1) is 5.41 Å². The number of hydrogen-bond acceptors (Lipinski definition) is 3. The van der Waals surface area contributed by atoms with Crippen LogP contribution in [-0.4, -0.2) is 40.1 Å². The molecule has 1 fully saturated rings. The Morgan fingerprint density at radius 1 is 1.03 bits per heavy atom. The highest BCUT2D eigenvalue weighted by atomic mass is 35.5. The molecule has 168 valence electrons. The first-order valence-electron chi connectivity index (χ1n) is 11.1. The number of thiophene rings is 1. The Labute approximate surface area is 195 Å². The zero-order chi connectivity index (χ0) is 22.3. The Morgan fingerprint density at radius 2 is 1.74 bits per heavy atom. The van der Waals surface area contributed by atoms with Gasteiger partial charge in [0.2, 0.25) is 11.8 Å². The van der Waals surface area contributed by atoms with Gasteiger partial charge in [0, 0.05) is 23.3 Å². The van der Waals surface area contributed by atoms with Crippen molar-refractivity contribution in [3.63, 3.8) is 0 Å². The minimum absolute atomic E-state index is 0.0125. The summed E-state index contributed by atoms with van der Waals surface area (Å²) in [6, 6.07) is 14.2. The van der Waals surface area contributed by atoms with E-state index in [1.54, 1.807) is 11.3 Å². The summed E-state index contributed by atoms with van der Waals surface area (Å²) < 4.78 is 0. The molecule has 0 atom stereocenters. The van der Waals surface area contributed by atoms with Crippen molar-refractivity contribution in [1.82, 2.24) is 9.80 Å². The molecule has 1 aromatic carbocycles. The minimum atomic E-state index is -0.683. The van der Waals surface area contributed by atoms with Crippen molar-refractivity contribution in [3.8, 4) is 0 Å². The van der Waals surface area contributed by atoms with Gasteiger partial charge in [0.15, 0.2) is 0 Å². The fourth-order valence-corrected chi connectivity index (χ4v) is 4.91. The molecule has 0 radical (unpaired) electrons. The average Bonchev–Trinajstić information content (AvgIpc) is 3.31. The SMILES string of the molecule is CC(C)(CCl)C(=O)N(CC(=O)N(Cc1ccccc1)Cc1cccs1)C1CCCCC1. The Bertz CT molecular complexity index is 832. The number of amides is 2. The van der Waals surface area contributed by atoms with E-state index in [1.807, 2.05) is 65.4 Å². The summed E-state index contributed by atoms with van der Waals surface area (Å²) in [6.07, 6.45) is 5.33.